The molecule has 142 valence electrons. The molecule has 27 heavy (non-hydrogen) atoms. The van der Waals surface area contributed by atoms with E-state index in [1.165, 1.54) is 18.2 Å². The number of rotatable bonds is 7. The molecule has 0 unspecified atom stereocenters. The monoisotopic (exact) mass is 390 g/mol. The molecule has 0 aromatic heterocycles. The Kier molecular flexibility index (Phi) is 5.51. The topological polar surface area (TPSA) is 81.9 Å². The van der Waals surface area contributed by atoms with Crippen LogP contribution in [0, 0.1) is 10.1 Å². The SMILES string of the molecule is COc1ccc(OC)c(CN(C(=O)c2ccc(Cl)cc2[N+](=O)[O-])C2CC2)c1. The number of hydrogen-bond acceptors (Lipinski definition) is 5. The number of halogens is 1. The van der Waals surface area contributed by atoms with E-state index in [4.69, 9.17) is 21.1 Å². The number of amides is 1. The van der Waals surface area contributed by atoms with Crippen LogP contribution in [0.1, 0.15) is 28.8 Å². The number of methoxy groups -OCH3 is 2. The summed E-state index contributed by atoms with van der Waals surface area (Å²) in [6.45, 7) is 0.268. The van der Waals surface area contributed by atoms with Crippen LogP contribution in [-0.2, 0) is 6.54 Å². The Morgan fingerprint density at radius 1 is 1.22 bits per heavy atom. The van der Waals surface area contributed by atoms with Crippen LogP contribution in [0.5, 0.6) is 11.5 Å². The highest BCUT2D eigenvalue weighted by Gasteiger charge is 2.36. The molecule has 1 aliphatic rings. The second-order valence-electron chi connectivity index (χ2n) is 6.26. The molecule has 1 amide bonds. The van der Waals surface area contributed by atoms with E-state index in [1.807, 2.05) is 0 Å². The van der Waals surface area contributed by atoms with Gasteiger partial charge < -0.3 is 14.4 Å². The van der Waals surface area contributed by atoms with Crippen LogP contribution >= 0.6 is 11.6 Å². The van der Waals surface area contributed by atoms with Crippen molar-refractivity contribution in [2.75, 3.05) is 14.2 Å². The highest BCUT2D eigenvalue weighted by atomic mass is 35.5. The summed E-state index contributed by atoms with van der Waals surface area (Å²) in [5, 5.41) is 11.6. The minimum Gasteiger partial charge on any atom is -0.497 e. The molecule has 0 bridgehead atoms. The van der Waals surface area contributed by atoms with Gasteiger partial charge in [0.15, 0.2) is 0 Å². The first-order valence-corrected chi connectivity index (χ1v) is 8.78. The molecule has 2 aromatic rings. The summed E-state index contributed by atoms with van der Waals surface area (Å²) in [6.07, 6.45) is 1.72. The van der Waals surface area contributed by atoms with Gasteiger partial charge in [-0.1, -0.05) is 11.6 Å². The van der Waals surface area contributed by atoms with Gasteiger partial charge in [-0.3, -0.25) is 14.9 Å². The lowest BCUT2D eigenvalue weighted by Crippen LogP contribution is -2.33. The molecule has 0 heterocycles. The van der Waals surface area contributed by atoms with Crippen molar-refractivity contribution in [1.82, 2.24) is 4.90 Å². The molecular formula is C19H19ClN2O5. The average molecular weight is 391 g/mol. The molecule has 0 radical (unpaired) electrons. The zero-order chi connectivity index (χ0) is 19.6. The smallest absolute Gasteiger partial charge is 0.283 e. The number of ether oxygens (including phenoxy) is 2. The Morgan fingerprint density at radius 2 is 1.96 bits per heavy atom. The van der Waals surface area contributed by atoms with Gasteiger partial charge in [0.1, 0.15) is 17.1 Å². The van der Waals surface area contributed by atoms with Crippen LogP contribution < -0.4 is 9.47 Å². The van der Waals surface area contributed by atoms with E-state index in [0.717, 1.165) is 18.4 Å². The predicted molar refractivity (Wildman–Crippen MR) is 101 cm³/mol. The minimum atomic E-state index is -0.587. The van der Waals surface area contributed by atoms with Crippen LogP contribution in [0.4, 0.5) is 5.69 Å². The molecule has 1 saturated carbocycles. The number of benzene rings is 2. The number of carbonyl (C=O) groups excluding carboxylic acids is 1. The van der Waals surface area contributed by atoms with E-state index in [-0.39, 0.29) is 28.9 Å². The molecule has 3 rings (SSSR count). The van der Waals surface area contributed by atoms with Crippen molar-refractivity contribution in [3.8, 4) is 11.5 Å². The zero-order valence-electron chi connectivity index (χ0n) is 15.0. The summed E-state index contributed by atoms with van der Waals surface area (Å²) in [5.74, 6) is 0.872. The molecule has 8 heteroatoms. The highest BCUT2D eigenvalue weighted by Crippen LogP contribution is 2.34. The number of hydrogen-bond donors (Lipinski definition) is 0. The van der Waals surface area contributed by atoms with Gasteiger partial charge in [0.25, 0.3) is 11.6 Å². The maximum absolute atomic E-state index is 13.1. The Morgan fingerprint density at radius 3 is 2.56 bits per heavy atom. The second-order valence-corrected chi connectivity index (χ2v) is 6.70. The average Bonchev–Trinajstić information content (AvgIpc) is 3.50. The number of nitro benzene ring substituents is 1. The van der Waals surface area contributed by atoms with Gasteiger partial charge in [-0.25, -0.2) is 0 Å². The fourth-order valence-electron chi connectivity index (χ4n) is 2.93. The van der Waals surface area contributed by atoms with Crippen molar-refractivity contribution in [2.45, 2.75) is 25.4 Å². The fourth-order valence-corrected chi connectivity index (χ4v) is 3.10. The molecule has 1 aliphatic carbocycles. The van der Waals surface area contributed by atoms with E-state index in [9.17, 15) is 14.9 Å². The summed E-state index contributed by atoms with van der Waals surface area (Å²) in [4.78, 5) is 25.6. The molecule has 0 aliphatic heterocycles. The third kappa shape index (κ3) is 4.14. The standard InChI is InChI=1S/C19H19ClN2O5/c1-26-15-6-8-18(27-2)12(9-15)11-21(14-4-5-14)19(23)16-7-3-13(20)10-17(16)22(24)25/h3,6-10,14H,4-5,11H2,1-2H3. The summed E-state index contributed by atoms with van der Waals surface area (Å²) >= 11 is 5.86. The van der Waals surface area contributed by atoms with Crippen LogP contribution in [0.15, 0.2) is 36.4 Å². The third-order valence-electron chi connectivity index (χ3n) is 4.46. The molecule has 1 fully saturated rings. The fraction of sp³-hybridized carbons (Fsp3) is 0.316. The van der Waals surface area contributed by atoms with Crippen LogP contribution in [0.2, 0.25) is 5.02 Å². The van der Waals surface area contributed by atoms with Gasteiger partial charge in [0.2, 0.25) is 0 Å². The van der Waals surface area contributed by atoms with Crippen molar-refractivity contribution >= 4 is 23.2 Å². The van der Waals surface area contributed by atoms with Crippen molar-refractivity contribution in [1.29, 1.82) is 0 Å². The summed E-state index contributed by atoms with van der Waals surface area (Å²) < 4.78 is 10.6. The van der Waals surface area contributed by atoms with Gasteiger partial charge in [0.05, 0.1) is 25.7 Å². The lowest BCUT2D eigenvalue weighted by Gasteiger charge is -2.24. The van der Waals surface area contributed by atoms with Gasteiger partial charge in [-0.15, -0.1) is 0 Å². The van der Waals surface area contributed by atoms with E-state index in [1.54, 1.807) is 37.3 Å². The van der Waals surface area contributed by atoms with Crippen molar-refractivity contribution < 1.29 is 19.2 Å². The lowest BCUT2D eigenvalue weighted by atomic mass is 10.1. The summed E-state index contributed by atoms with van der Waals surface area (Å²) in [5.41, 5.74) is 0.502. The van der Waals surface area contributed by atoms with Gasteiger partial charge in [-0.05, 0) is 43.2 Å². The van der Waals surface area contributed by atoms with Crippen LogP contribution in [0.25, 0.3) is 0 Å². The van der Waals surface area contributed by atoms with E-state index in [2.05, 4.69) is 0 Å². The lowest BCUT2D eigenvalue weighted by molar-refractivity contribution is -0.385. The van der Waals surface area contributed by atoms with E-state index >= 15 is 0 Å². The van der Waals surface area contributed by atoms with Crippen molar-refractivity contribution in [3.05, 3.63) is 62.7 Å². The Hall–Kier alpha value is -2.80. The van der Waals surface area contributed by atoms with E-state index < -0.39 is 10.8 Å². The minimum absolute atomic E-state index is 0.0261. The quantitative estimate of drug-likeness (QED) is 0.525. The number of nitrogens with zero attached hydrogens (tertiary/aromatic N) is 2. The second kappa shape index (κ2) is 7.84. The Bertz CT molecular complexity index is 882. The van der Waals surface area contributed by atoms with Gasteiger partial charge in [-0.2, -0.15) is 0 Å². The van der Waals surface area contributed by atoms with Crippen LogP contribution in [0.3, 0.4) is 0 Å². The van der Waals surface area contributed by atoms with E-state index in [0.29, 0.717) is 11.5 Å². The normalized spacial score (nSPS) is 13.1. The third-order valence-corrected chi connectivity index (χ3v) is 4.70. The molecule has 2 aromatic carbocycles. The molecular weight excluding hydrogens is 372 g/mol. The largest absolute Gasteiger partial charge is 0.497 e. The van der Waals surface area contributed by atoms with Gasteiger partial charge in [0, 0.05) is 22.7 Å². The maximum Gasteiger partial charge on any atom is 0.283 e. The molecule has 0 N–H and O–H groups in total. The maximum atomic E-state index is 13.1. The molecule has 7 nitrogen and oxygen atoms in total. The molecule has 0 saturated heterocycles. The first kappa shape index (κ1) is 19.0. The predicted octanol–water partition coefficient (Wildman–Crippen LogP) is 4.07. The summed E-state index contributed by atoms with van der Waals surface area (Å²) in [6, 6.07) is 9.48. The zero-order valence-corrected chi connectivity index (χ0v) is 15.7. The summed E-state index contributed by atoms with van der Waals surface area (Å²) in [7, 11) is 3.12. The first-order chi connectivity index (χ1) is 12.9. The number of nitro groups is 1. The first-order valence-electron chi connectivity index (χ1n) is 8.40. The molecule has 0 atom stereocenters. The van der Waals surface area contributed by atoms with Crippen LogP contribution in [-0.4, -0.2) is 36.0 Å². The Labute approximate surface area is 161 Å². The van der Waals surface area contributed by atoms with Crippen molar-refractivity contribution in [3.63, 3.8) is 0 Å². The molecule has 0 spiro atoms. The Balaban J connectivity index is 1.96. The number of carbonyl (C=O) groups is 1. The van der Waals surface area contributed by atoms with Crippen molar-refractivity contribution in [2.24, 2.45) is 0 Å². The highest BCUT2D eigenvalue weighted by molar-refractivity contribution is 6.31. The van der Waals surface area contributed by atoms with Gasteiger partial charge >= 0.3 is 0 Å².